The van der Waals surface area contributed by atoms with Gasteiger partial charge in [-0.1, -0.05) is 96.2 Å². The van der Waals surface area contributed by atoms with Crippen LogP contribution in [0.15, 0.2) is 102 Å². The van der Waals surface area contributed by atoms with Gasteiger partial charge in [-0.15, -0.1) is 22.9 Å². The molecule has 1 aromatic heterocycles. The number of halogens is 1. The van der Waals surface area contributed by atoms with Gasteiger partial charge in [0.05, 0.1) is 0 Å². The van der Waals surface area contributed by atoms with Gasteiger partial charge in [0, 0.05) is 23.6 Å². The summed E-state index contributed by atoms with van der Waals surface area (Å²) in [5.41, 5.74) is -0.501. The lowest BCUT2D eigenvalue weighted by Gasteiger charge is -2.41. The fourth-order valence-electron chi connectivity index (χ4n) is 5.02. The summed E-state index contributed by atoms with van der Waals surface area (Å²) in [6.07, 6.45) is 0.301. The molecule has 3 aromatic carbocycles. The van der Waals surface area contributed by atoms with E-state index in [4.69, 9.17) is 21.2 Å². The van der Waals surface area contributed by atoms with E-state index < -0.39 is 34.4 Å². The zero-order valence-corrected chi connectivity index (χ0v) is 25.6. The predicted octanol–water partition coefficient (Wildman–Crippen LogP) is 6.83. The molecule has 0 aliphatic heterocycles. The topological polar surface area (TPSA) is 110 Å². The highest BCUT2D eigenvalue weighted by Gasteiger charge is 2.55. The van der Waals surface area contributed by atoms with Crippen LogP contribution in [0.25, 0.3) is 0 Å². The van der Waals surface area contributed by atoms with E-state index in [9.17, 15) is 14.7 Å². The van der Waals surface area contributed by atoms with Crippen molar-refractivity contribution in [3.63, 3.8) is 0 Å². The van der Waals surface area contributed by atoms with Gasteiger partial charge in [0.15, 0.2) is 5.13 Å². The van der Waals surface area contributed by atoms with Gasteiger partial charge in [0.2, 0.25) is 11.3 Å². The molecule has 1 heterocycles. The van der Waals surface area contributed by atoms with Crippen LogP contribution in [0, 0.1) is 0 Å². The van der Waals surface area contributed by atoms with E-state index >= 15 is 0 Å². The number of aliphatic carboxylic acids is 1. The van der Waals surface area contributed by atoms with Gasteiger partial charge in [0.25, 0.3) is 0 Å². The first-order chi connectivity index (χ1) is 20.5. The van der Waals surface area contributed by atoms with E-state index in [2.05, 4.69) is 15.5 Å². The van der Waals surface area contributed by atoms with Crippen molar-refractivity contribution in [1.29, 1.82) is 0 Å². The third-order valence-electron chi connectivity index (χ3n) is 7.05. The van der Waals surface area contributed by atoms with Crippen LogP contribution in [0.3, 0.4) is 0 Å². The van der Waals surface area contributed by atoms with E-state index in [1.165, 1.54) is 11.3 Å². The maximum atomic E-state index is 12.9. The monoisotopic (exact) mass is 617 g/mol. The van der Waals surface area contributed by atoms with E-state index in [1.807, 2.05) is 91.0 Å². The maximum absolute atomic E-state index is 12.9. The Morgan fingerprint density at radius 1 is 0.930 bits per heavy atom. The van der Waals surface area contributed by atoms with Gasteiger partial charge in [0.1, 0.15) is 16.8 Å². The molecule has 0 amide bonds. The number of carbonyl (C=O) groups is 2. The molecule has 0 saturated heterocycles. The van der Waals surface area contributed by atoms with Gasteiger partial charge in [-0.3, -0.25) is 0 Å². The van der Waals surface area contributed by atoms with E-state index in [0.29, 0.717) is 5.13 Å². The molecule has 5 rings (SSSR count). The molecule has 0 radical (unpaired) electrons. The molecule has 8 nitrogen and oxygen atoms in total. The molecule has 43 heavy (non-hydrogen) atoms. The van der Waals surface area contributed by atoms with E-state index in [-0.39, 0.29) is 23.9 Å². The lowest BCUT2D eigenvalue weighted by Crippen LogP contribution is -2.55. The molecular weight excluding hydrogens is 586 g/mol. The van der Waals surface area contributed by atoms with Gasteiger partial charge < -0.3 is 20.0 Å². The average molecular weight is 618 g/mol. The van der Waals surface area contributed by atoms with Crippen molar-refractivity contribution in [3.8, 4) is 0 Å². The van der Waals surface area contributed by atoms with Crippen LogP contribution >= 0.6 is 22.9 Å². The summed E-state index contributed by atoms with van der Waals surface area (Å²) >= 11 is 7.43. The van der Waals surface area contributed by atoms with Crippen molar-refractivity contribution >= 4 is 45.7 Å². The highest BCUT2D eigenvalue weighted by atomic mass is 35.5. The molecule has 0 bridgehead atoms. The Kier molecular flexibility index (Phi) is 8.57. The minimum absolute atomic E-state index is 0.0872. The molecule has 0 unspecified atom stereocenters. The zero-order valence-electron chi connectivity index (χ0n) is 24.0. The molecule has 2 N–H and O–H groups in total. The molecule has 0 spiro atoms. The first-order valence-electron chi connectivity index (χ1n) is 13.8. The zero-order chi connectivity index (χ0) is 30.7. The Balaban J connectivity index is 1.52. The first-order valence-corrected chi connectivity index (χ1v) is 15.1. The second-order valence-corrected chi connectivity index (χ2v) is 12.8. The summed E-state index contributed by atoms with van der Waals surface area (Å²) in [5, 5.41) is 19.4. The highest BCUT2D eigenvalue weighted by molar-refractivity contribution is 7.14. The van der Waals surface area contributed by atoms with Crippen LogP contribution in [-0.4, -0.2) is 44.3 Å². The van der Waals surface area contributed by atoms with Crippen molar-refractivity contribution < 1.29 is 24.3 Å². The third kappa shape index (κ3) is 6.43. The average Bonchev–Trinajstić information content (AvgIpc) is 3.43. The lowest BCUT2D eigenvalue weighted by molar-refractivity contribution is -0.195. The minimum atomic E-state index is -1.46. The van der Waals surface area contributed by atoms with E-state index in [0.717, 1.165) is 16.7 Å². The molecule has 10 heteroatoms. The summed E-state index contributed by atoms with van der Waals surface area (Å²) in [5.74, 6) is -1.98. The molecule has 1 aliphatic rings. The first kappa shape index (κ1) is 30.3. The number of alkyl halides is 1. The number of rotatable bonds is 10. The quantitative estimate of drug-likeness (QED) is 0.0659. The number of anilines is 1. The molecule has 1 saturated carbocycles. The second kappa shape index (κ2) is 12.2. The number of carbonyl (C=O) groups excluding carboxylic acids is 1. The fraction of sp³-hybridized carbons (Fsp3) is 0.273. The summed E-state index contributed by atoms with van der Waals surface area (Å²) in [4.78, 5) is 35.5. The van der Waals surface area contributed by atoms with Crippen LogP contribution < -0.4 is 5.32 Å². The Hall–Kier alpha value is -4.21. The predicted molar refractivity (Wildman–Crippen MR) is 168 cm³/mol. The van der Waals surface area contributed by atoms with Gasteiger partial charge in [-0.05, 0) is 37.5 Å². The number of hydrogen-bond donors (Lipinski definition) is 2. The van der Waals surface area contributed by atoms with E-state index in [1.54, 1.807) is 26.2 Å². The standard InChI is InChI=1S/C33H32ClN3O5S/c1-31(2,3)41-29(40)32(19-25(34)20-32)42-37-27(28(38)39)26-21-43-30(35-26)36-33(22-13-7-4-8-14-22,23-15-9-5-10-16-23)24-17-11-6-12-18-24/h4-18,21,25H,19-20H2,1-3H3,(H,35,36)(H,38,39). The Bertz CT molecular complexity index is 1500. The summed E-state index contributed by atoms with van der Waals surface area (Å²) in [6, 6.07) is 30.0. The van der Waals surface area contributed by atoms with Crippen LogP contribution in [-0.2, 0) is 24.7 Å². The van der Waals surface area contributed by atoms with Crippen LogP contribution in [0.5, 0.6) is 0 Å². The third-order valence-corrected chi connectivity index (χ3v) is 8.12. The molecule has 1 fully saturated rings. The number of esters is 1. The maximum Gasteiger partial charge on any atom is 0.360 e. The van der Waals surface area contributed by atoms with Gasteiger partial charge in [-0.2, -0.15) is 0 Å². The van der Waals surface area contributed by atoms with Crippen molar-refractivity contribution in [2.45, 2.75) is 55.7 Å². The van der Waals surface area contributed by atoms with Crippen LogP contribution in [0.2, 0.25) is 0 Å². The smallest absolute Gasteiger partial charge is 0.360 e. The molecular formula is C33H32ClN3O5S. The summed E-state index contributed by atoms with van der Waals surface area (Å²) in [7, 11) is 0. The number of carboxylic acid groups (broad SMARTS) is 1. The van der Waals surface area contributed by atoms with Gasteiger partial charge in [-0.25, -0.2) is 14.6 Å². The SMILES string of the molecule is CC(C)(C)OC(=O)C1(ON=C(C(=O)O)c2csc(NC(c3ccccc3)(c3ccccc3)c3ccccc3)n2)CC(Cl)C1. The molecule has 4 aromatic rings. The molecule has 0 atom stereocenters. The number of ether oxygens (including phenoxy) is 1. The van der Waals surface area contributed by atoms with Crippen LogP contribution in [0.1, 0.15) is 56.0 Å². The summed E-state index contributed by atoms with van der Waals surface area (Å²) < 4.78 is 5.51. The number of carboxylic acids is 1. The Morgan fingerprint density at radius 3 is 1.84 bits per heavy atom. The normalized spacial score (nSPS) is 18.8. The molecule has 222 valence electrons. The van der Waals surface area contributed by atoms with Crippen molar-refractivity contribution in [1.82, 2.24) is 4.98 Å². The molecule has 1 aliphatic carbocycles. The van der Waals surface area contributed by atoms with Crippen molar-refractivity contribution in [2.24, 2.45) is 5.16 Å². The lowest BCUT2D eigenvalue weighted by atomic mass is 9.77. The number of nitrogens with one attached hydrogen (secondary N) is 1. The fourth-order valence-corrected chi connectivity index (χ4v) is 6.26. The number of nitrogens with zero attached hydrogens (tertiary/aromatic N) is 2. The summed E-state index contributed by atoms with van der Waals surface area (Å²) in [6.45, 7) is 5.22. The number of thiazole rings is 1. The number of oxime groups is 1. The van der Waals surface area contributed by atoms with Gasteiger partial charge >= 0.3 is 11.9 Å². The number of aromatic nitrogens is 1. The largest absolute Gasteiger partial charge is 0.476 e. The second-order valence-electron chi connectivity index (χ2n) is 11.3. The highest BCUT2D eigenvalue weighted by Crippen LogP contribution is 2.42. The number of benzene rings is 3. The van der Waals surface area contributed by atoms with Crippen molar-refractivity contribution in [2.75, 3.05) is 5.32 Å². The minimum Gasteiger partial charge on any atom is -0.476 e. The van der Waals surface area contributed by atoms with Crippen LogP contribution in [0.4, 0.5) is 5.13 Å². The number of hydrogen-bond acceptors (Lipinski definition) is 8. The van der Waals surface area contributed by atoms with Crippen molar-refractivity contribution in [3.05, 3.63) is 119 Å². The Morgan fingerprint density at radius 2 is 1.42 bits per heavy atom. The Labute approximate surface area is 259 Å².